The lowest BCUT2D eigenvalue weighted by molar-refractivity contribution is -0.129. The van der Waals surface area contributed by atoms with Crippen molar-refractivity contribution in [3.8, 4) is 0 Å². The number of azide groups is 1. The Morgan fingerprint density at radius 3 is 2.21 bits per heavy atom. The van der Waals surface area contributed by atoms with Crippen molar-refractivity contribution in [1.82, 2.24) is 10.6 Å². The van der Waals surface area contributed by atoms with Crippen molar-refractivity contribution in [2.45, 2.75) is 97.1 Å². The summed E-state index contributed by atoms with van der Waals surface area (Å²) >= 11 is 0. The topological polar surface area (TPSA) is 229 Å². The van der Waals surface area contributed by atoms with E-state index < -0.39 is 17.5 Å². The fourth-order valence-electron chi connectivity index (χ4n) is 5.13. The van der Waals surface area contributed by atoms with Gasteiger partial charge in [0.15, 0.2) is 11.6 Å². The molecule has 0 aromatic heterocycles. The van der Waals surface area contributed by atoms with E-state index in [0.29, 0.717) is 76.1 Å². The first kappa shape index (κ1) is 42.3. The predicted octanol–water partition coefficient (Wildman–Crippen LogP) is 4.06. The van der Waals surface area contributed by atoms with Gasteiger partial charge in [-0.05, 0) is 64.3 Å². The molecule has 0 radical (unpaired) electrons. The van der Waals surface area contributed by atoms with Gasteiger partial charge in [0.2, 0.25) is 11.8 Å². The summed E-state index contributed by atoms with van der Waals surface area (Å²) in [7, 11) is 0. The van der Waals surface area contributed by atoms with Crippen molar-refractivity contribution < 1.29 is 33.4 Å². The van der Waals surface area contributed by atoms with Crippen molar-refractivity contribution in [2.75, 3.05) is 39.5 Å². The molecule has 48 heavy (non-hydrogen) atoms. The van der Waals surface area contributed by atoms with Crippen LogP contribution in [-0.2, 0) is 28.7 Å². The highest BCUT2D eigenvalue weighted by Crippen LogP contribution is 2.22. The summed E-state index contributed by atoms with van der Waals surface area (Å²) in [5.74, 6) is -1.13. The number of Topliss-reactive ketones (excluding diaryl/α,β-unsaturated/α-hetero) is 3. The SMILES string of the molecule is CCC(CC[C@@H](CCCCNC(=O)CC[C@H](N)C(N)=O)C(C)=O)C(=O)COCCOCCNC(C)(CC)C(=O)c1ccc(N=[N+]=[N-])cc1. The third-order valence-corrected chi connectivity index (χ3v) is 8.61. The molecule has 0 aliphatic carbocycles. The molecule has 14 nitrogen and oxygen atoms in total. The van der Waals surface area contributed by atoms with Crippen LogP contribution in [0.1, 0.15) is 95.8 Å². The zero-order valence-corrected chi connectivity index (χ0v) is 29.0. The molecular weight excluding hydrogens is 618 g/mol. The Hall–Kier alpha value is -3.68. The van der Waals surface area contributed by atoms with E-state index in [4.69, 9.17) is 26.5 Å². The molecule has 4 atom stereocenters. The Kier molecular flexibility index (Phi) is 20.8. The summed E-state index contributed by atoms with van der Waals surface area (Å²) in [6, 6.07) is 5.67. The van der Waals surface area contributed by atoms with E-state index in [1.54, 1.807) is 31.2 Å². The van der Waals surface area contributed by atoms with Gasteiger partial charge in [-0.2, -0.15) is 0 Å². The molecule has 14 heteroatoms. The molecule has 0 aliphatic heterocycles. The Morgan fingerprint density at radius 2 is 1.60 bits per heavy atom. The van der Waals surface area contributed by atoms with Crippen LogP contribution in [0.15, 0.2) is 29.4 Å². The highest BCUT2D eigenvalue weighted by atomic mass is 16.5. The van der Waals surface area contributed by atoms with Gasteiger partial charge in [0.25, 0.3) is 0 Å². The second-order valence-corrected chi connectivity index (χ2v) is 12.2. The smallest absolute Gasteiger partial charge is 0.234 e. The van der Waals surface area contributed by atoms with Crippen molar-refractivity contribution >= 4 is 34.9 Å². The second-order valence-electron chi connectivity index (χ2n) is 12.2. The number of hydrogen-bond acceptors (Lipinski definition) is 10. The second kappa shape index (κ2) is 23.6. The number of primary amides is 1. The van der Waals surface area contributed by atoms with Crippen LogP contribution in [0.4, 0.5) is 5.69 Å². The highest BCUT2D eigenvalue weighted by molar-refractivity contribution is 6.03. The minimum Gasteiger partial charge on any atom is -0.378 e. The monoisotopic (exact) mass is 673 g/mol. The summed E-state index contributed by atoms with van der Waals surface area (Å²) in [4.78, 5) is 63.7. The first-order valence-electron chi connectivity index (χ1n) is 16.8. The third kappa shape index (κ3) is 16.4. The third-order valence-electron chi connectivity index (χ3n) is 8.61. The molecule has 1 aromatic rings. The summed E-state index contributed by atoms with van der Waals surface area (Å²) in [6.07, 6.45) is 4.94. The number of nitrogens with zero attached hydrogens (tertiary/aromatic N) is 3. The first-order chi connectivity index (χ1) is 22.9. The van der Waals surface area contributed by atoms with Gasteiger partial charge in [0, 0.05) is 47.5 Å². The van der Waals surface area contributed by atoms with Crippen LogP contribution in [0.2, 0.25) is 0 Å². The lowest BCUT2D eigenvalue weighted by atomic mass is 9.87. The van der Waals surface area contributed by atoms with Crippen LogP contribution in [0, 0.1) is 11.8 Å². The molecule has 0 heterocycles. The highest BCUT2D eigenvalue weighted by Gasteiger charge is 2.31. The minimum absolute atomic E-state index is 0.00456. The molecule has 268 valence electrons. The number of carbonyl (C=O) groups excluding carboxylic acids is 5. The lowest BCUT2D eigenvalue weighted by Gasteiger charge is -2.28. The fraction of sp³-hybridized carbons (Fsp3) is 0.676. The van der Waals surface area contributed by atoms with E-state index in [9.17, 15) is 24.0 Å². The number of benzene rings is 1. The molecule has 0 saturated carbocycles. The van der Waals surface area contributed by atoms with Gasteiger partial charge in [-0.15, -0.1) is 0 Å². The number of carbonyl (C=O) groups is 5. The maximum atomic E-state index is 13.1. The number of ketones is 3. The zero-order chi connectivity index (χ0) is 36.0. The molecule has 6 N–H and O–H groups in total. The first-order valence-corrected chi connectivity index (χ1v) is 16.8. The van der Waals surface area contributed by atoms with E-state index in [-0.39, 0.29) is 61.1 Å². The zero-order valence-electron chi connectivity index (χ0n) is 29.0. The average molecular weight is 674 g/mol. The van der Waals surface area contributed by atoms with Crippen molar-refractivity contribution in [1.29, 1.82) is 0 Å². The number of rotatable bonds is 28. The van der Waals surface area contributed by atoms with Gasteiger partial charge in [-0.1, -0.05) is 49.6 Å². The van der Waals surface area contributed by atoms with Crippen molar-refractivity contribution in [3.63, 3.8) is 0 Å². The molecule has 0 fully saturated rings. The molecule has 0 bridgehead atoms. The van der Waals surface area contributed by atoms with Crippen molar-refractivity contribution in [3.05, 3.63) is 40.3 Å². The van der Waals surface area contributed by atoms with Gasteiger partial charge >= 0.3 is 0 Å². The number of amides is 2. The fourth-order valence-corrected chi connectivity index (χ4v) is 5.13. The summed E-state index contributed by atoms with van der Waals surface area (Å²) < 4.78 is 11.2. The van der Waals surface area contributed by atoms with Crippen LogP contribution >= 0.6 is 0 Å². The largest absolute Gasteiger partial charge is 0.378 e. The number of unbranched alkanes of at least 4 members (excludes halogenated alkanes) is 1. The lowest BCUT2D eigenvalue weighted by Crippen LogP contribution is -2.50. The van der Waals surface area contributed by atoms with E-state index in [2.05, 4.69) is 20.7 Å². The molecule has 1 aromatic carbocycles. The molecule has 0 saturated heterocycles. The minimum atomic E-state index is -0.835. The van der Waals surface area contributed by atoms with E-state index in [1.807, 2.05) is 20.8 Å². The quantitative estimate of drug-likeness (QED) is 0.0330. The Labute approximate surface area is 284 Å². The Morgan fingerprint density at radius 1 is 0.938 bits per heavy atom. The summed E-state index contributed by atoms with van der Waals surface area (Å²) in [5, 5.41) is 9.59. The molecule has 2 unspecified atom stereocenters. The van der Waals surface area contributed by atoms with Gasteiger partial charge in [0.1, 0.15) is 12.4 Å². The molecule has 0 aliphatic rings. The van der Waals surface area contributed by atoms with Crippen LogP contribution < -0.4 is 22.1 Å². The van der Waals surface area contributed by atoms with Gasteiger partial charge in [-0.25, -0.2) is 0 Å². The Balaban J connectivity index is 2.29. The Bertz CT molecular complexity index is 1220. The number of hydrogen-bond donors (Lipinski definition) is 4. The van der Waals surface area contributed by atoms with Gasteiger partial charge < -0.3 is 31.6 Å². The van der Waals surface area contributed by atoms with Gasteiger partial charge in [-0.3, -0.25) is 24.0 Å². The number of ether oxygens (including phenoxy) is 2. The van der Waals surface area contributed by atoms with E-state index in [0.717, 1.165) is 6.42 Å². The maximum Gasteiger partial charge on any atom is 0.234 e. The van der Waals surface area contributed by atoms with Gasteiger partial charge in [0.05, 0.1) is 31.4 Å². The van der Waals surface area contributed by atoms with Crippen molar-refractivity contribution in [2.24, 2.45) is 28.4 Å². The molecule has 1 rings (SSSR count). The van der Waals surface area contributed by atoms with Crippen LogP contribution in [-0.4, -0.2) is 80.3 Å². The number of nitrogens with one attached hydrogen (secondary N) is 2. The summed E-state index contributed by atoms with van der Waals surface area (Å²) in [6.45, 7) is 9.11. The number of nitrogens with two attached hydrogens (primary N) is 2. The van der Waals surface area contributed by atoms with E-state index >= 15 is 0 Å². The van der Waals surface area contributed by atoms with Crippen LogP contribution in [0.5, 0.6) is 0 Å². The average Bonchev–Trinajstić information content (AvgIpc) is 3.07. The standard InChI is InChI=1S/C34H55N7O7/c1-5-25(10-11-26(24(3)42)9-7-8-18-38-31(44)17-16-29(35)33(36)46)30(43)23-48-22-21-47-20-19-39-34(4,6-2)32(45)27-12-14-28(15-13-27)40-41-37/h12-15,25-26,29,39H,5-11,16-23,35H2,1-4H3,(H2,36,46)(H,38,44)/t25?,26-,29+,34?/m1/s1. The predicted molar refractivity (Wildman–Crippen MR) is 183 cm³/mol. The molecular formula is C34H55N7O7. The summed E-state index contributed by atoms with van der Waals surface area (Å²) in [5.41, 5.74) is 19.4. The van der Waals surface area contributed by atoms with Crippen LogP contribution in [0.25, 0.3) is 10.4 Å². The molecule has 0 spiro atoms. The van der Waals surface area contributed by atoms with Crippen LogP contribution in [0.3, 0.4) is 0 Å². The molecule has 2 amide bonds. The van der Waals surface area contributed by atoms with E-state index in [1.165, 1.54) is 0 Å². The maximum absolute atomic E-state index is 13.1. The normalized spacial score (nSPS) is 14.2.